The van der Waals surface area contributed by atoms with Crippen molar-refractivity contribution in [1.82, 2.24) is 0 Å². The molecule has 0 aromatic heterocycles. The van der Waals surface area contributed by atoms with E-state index in [-0.39, 0.29) is 0 Å². The van der Waals surface area contributed by atoms with Crippen molar-refractivity contribution < 1.29 is 0 Å². The number of aryl methyl sites for hydroxylation is 3. The van der Waals surface area contributed by atoms with Crippen molar-refractivity contribution in [2.75, 3.05) is 0 Å². The van der Waals surface area contributed by atoms with Crippen LogP contribution in [-0.4, -0.2) is 0 Å². The Morgan fingerprint density at radius 2 is 1.88 bits per heavy atom. The molecule has 0 heteroatoms. The molecule has 0 saturated heterocycles. The summed E-state index contributed by atoms with van der Waals surface area (Å²) in [5.41, 5.74) is 5.41. The van der Waals surface area contributed by atoms with Crippen LogP contribution in [0.5, 0.6) is 0 Å². The van der Waals surface area contributed by atoms with Crippen molar-refractivity contribution >= 4 is 16.8 Å². The lowest BCUT2D eigenvalue weighted by Crippen LogP contribution is -1.92. The molecule has 0 radical (unpaired) electrons. The van der Waals surface area contributed by atoms with Crippen molar-refractivity contribution in [3.63, 3.8) is 0 Å². The zero-order valence-corrected chi connectivity index (χ0v) is 11.0. The molecule has 0 heterocycles. The smallest absolute Gasteiger partial charge is 0.0104 e. The van der Waals surface area contributed by atoms with Crippen molar-refractivity contribution in [2.24, 2.45) is 0 Å². The Balaban J connectivity index is 2.80. The maximum atomic E-state index is 3.98. The maximum absolute atomic E-state index is 3.98. The fraction of sp³-hybridized carbons (Fsp3) is 0.294. The van der Waals surface area contributed by atoms with Gasteiger partial charge in [-0.25, -0.2) is 0 Å². The van der Waals surface area contributed by atoms with Crippen molar-refractivity contribution in [1.29, 1.82) is 0 Å². The van der Waals surface area contributed by atoms with Gasteiger partial charge in [0.25, 0.3) is 0 Å². The van der Waals surface area contributed by atoms with E-state index in [1.54, 1.807) is 0 Å². The average Bonchev–Trinajstić information content (AvgIpc) is 2.28. The molecule has 88 valence electrons. The molecule has 17 heavy (non-hydrogen) atoms. The molecule has 0 aliphatic carbocycles. The molecule has 0 unspecified atom stereocenters. The number of hydrogen-bond donors (Lipinski definition) is 0. The van der Waals surface area contributed by atoms with Crippen LogP contribution in [0.2, 0.25) is 0 Å². The molecular weight excluding hydrogens is 204 g/mol. The number of benzene rings is 2. The van der Waals surface area contributed by atoms with Gasteiger partial charge in [-0.1, -0.05) is 55.8 Å². The van der Waals surface area contributed by atoms with E-state index in [9.17, 15) is 0 Å². The van der Waals surface area contributed by atoms with Gasteiger partial charge in [0.2, 0.25) is 0 Å². The van der Waals surface area contributed by atoms with Crippen LogP contribution >= 0.6 is 0 Å². The Hall–Kier alpha value is -1.56. The first-order valence-electron chi connectivity index (χ1n) is 6.32. The van der Waals surface area contributed by atoms with Crippen LogP contribution in [-0.2, 0) is 6.42 Å². The topological polar surface area (TPSA) is 0 Å². The second kappa shape index (κ2) is 4.75. The Kier molecular flexibility index (Phi) is 3.33. The molecular formula is C17H20. The van der Waals surface area contributed by atoms with Crippen molar-refractivity contribution in [2.45, 2.75) is 33.6 Å². The van der Waals surface area contributed by atoms with Gasteiger partial charge in [0.05, 0.1) is 0 Å². The van der Waals surface area contributed by atoms with Crippen LogP contribution in [0.3, 0.4) is 0 Å². The summed E-state index contributed by atoms with van der Waals surface area (Å²) in [4.78, 5) is 0. The standard InChI is InChI=1S/C17H20/c1-5-7-14-8-9-16-13(4)10-12(3)11-17(16)15(14)6-2/h6,8-11H,2,5,7H2,1,3-4H3. The van der Waals surface area contributed by atoms with Crippen LogP contribution in [0.1, 0.15) is 35.6 Å². The van der Waals surface area contributed by atoms with Gasteiger partial charge in [0.15, 0.2) is 0 Å². The minimum absolute atomic E-state index is 1.13. The van der Waals surface area contributed by atoms with Crippen molar-refractivity contribution in [3.8, 4) is 0 Å². The minimum Gasteiger partial charge on any atom is -0.0984 e. The highest BCUT2D eigenvalue weighted by molar-refractivity contribution is 5.94. The number of fused-ring (bicyclic) bond motifs is 1. The summed E-state index contributed by atoms with van der Waals surface area (Å²) >= 11 is 0. The van der Waals surface area contributed by atoms with Crippen LogP contribution in [0.25, 0.3) is 16.8 Å². The van der Waals surface area contributed by atoms with Gasteiger partial charge in [-0.3, -0.25) is 0 Å². The minimum atomic E-state index is 1.13. The van der Waals surface area contributed by atoms with Crippen LogP contribution in [0.4, 0.5) is 0 Å². The van der Waals surface area contributed by atoms with E-state index in [1.807, 2.05) is 6.08 Å². The van der Waals surface area contributed by atoms with E-state index in [1.165, 1.54) is 39.4 Å². The highest BCUT2D eigenvalue weighted by Gasteiger charge is 2.06. The summed E-state index contributed by atoms with van der Waals surface area (Å²) in [6.45, 7) is 10.5. The van der Waals surface area contributed by atoms with Crippen LogP contribution < -0.4 is 0 Å². The lowest BCUT2D eigenvalue weighted by molar-refractivity contribution is 0.921. The Labute approximate surface area is 104 Å². The molecule has 0 nitrogen and oxygen atoms in total. The predicted octanol–water partition coefficient (Wildman–Crippen LogP) is 5.05. The number of rotatable bonds is 3. The molecule has 0 aliphatic heterocycles. The summed E-state index contributed by atoms with van der Waals surface area (Å²) in [5, 5.41) is 2.70. The zero-order chi connectivity index (χ0) is 12.4. The Bertz CT molecular complexity index is 562. The summed E-state index contributed by atoms with van der Waals surface area (Å²) in [5.74, 6) is 0. The van der Waals surface area contributed by atoms with E-state index in [4.69, 9.17) is 0 Å². The number of hydrogen-bond acceptors (Lipinski definition) is 0. The molecule has 0 saturated carbocycles. The SMILES string of the molecule is C=Cc1c(CCC)ccc2c(C)cc(C)cc12. The summed E-state index contributed by atoms with van der Waals surface area (Å²) < 4.78 is 0. The van der Waals surface area contributed by atoms with Crippen LogP contribution in [0.15, 0.2) is 30.8 Å². The van der Waals surface area contributed by atoms with Gasteiger partial charge in [-0.2, -0.15) is 0 Å². The van der Waals surface area contributed by atoms with E-state index in [0.29, 0.717) is 0 Å². The van der Waals surface area contributed by atoms with Gasteiger partial charge in [0.1, 0.15) is 0 Å². The first-order valence-corrected chi connectivity index (χ1v) is 6.32. The van der Waals surface area contributed by atoms with E-state index in [0.717, 1.165) is 6.42 Å². The molecule has 0 N–H and O–H groups in total. The molecule has 0 amide bonds. The molecule has 0 bridgehead atoms. The van der Waals surface area contributed by atoms with Gasteiger partial charge in [0, 0.05) is 0 Å². The fourth-order valence-electron chi connectivity index (χ4n) is 2.60. The largest absolute Gasteiger partial charge is 0.0984 e. The molecule has 0 aliphatic rings. The summed E-state index contributed by atoms with van der Waals surface area (Å²) in [7, 11) is 0. The fourth-order valence-corrected chi connectivity index (χ4v) is 2.60. The highest BCUT2D eigenvalue weighted by atomic mass is 14.1. The molecule has 2 aromatic rings. The third-order valence-electron chi connectivity index (χ3n) is 3.34. The second-order valence-corrected chi connectivity index (χ2v) is 4.77. The molecule has 0 atom stereocenters. The quantitative estimate of drug-likeness (QED) is 0.684. The average molecular weight is 224 g/mol. The summed E-state index contributed by atoms with van der Waals surface area (Å²) in [6.07, 6.45) is 4.31. The maximum Gasteiger partial charge on any atom is -0.0104 e. The van der Waals surface area contributed by atoms with E-state index < -0.39 is 0 Å². The van der Waals surface area contributed by atoms with Gasteiger partial charge < -0.3 is 0 Å². The van der Waals surface area contributed by atoms with Gasteiger partial charge in [-0.05, 0) is 47.7 Å². The Morgan fingerprint density at radius 1 is 1.12 bits per heavy atom. The molecule has 2 rings (SSSR count). The Morgan fingerprint density at radius 3 is 2.53 bits per heavy atom. The first kappa shape index (κ1) is 11.9. The van der Waals surface area contributed by atoms with Gasteiger partial charge >= 0.3 is 0 Å². The third-order valence-corrected chi connectivity index (χ3v) is 3.34. The normalized spacial score (nSPS) is 10.8. The monoisotopic (exact) mass is 224 g/mol. The first-order chi connectivity index (χ1) is 8.17. The highest BCUT2D eigenvalue weighted by Crippen LogP contribution is 2.28. The predicted molar refractivity (Wildman–Crippen MR) is 77.5 cm³/mol. The van der Waals surface area contributed by atoms with Gasteiger partial charge in [-0.15, -0.1) is 0 Å². The molecule has 0 spiro atoms. The van der Waals surface area contributed by atoms with E-state index >= 15 is 0 Å². The lowest BCUT2D eigenvalue weighted by atomic mass is 9.93. The molecule has 2 aromatic carbocycles. The van der Waals surface area contributed by atoms with E-state index in [2.05, 4.69) is 51.6 Å². The van der Waals surface area contributed by atoms with Crippen molar-refractivity contribution in [3.05, 3.63) is 53.1 Å². The van der Waals surface area contributed by atoms with Crippen LogP contribution in [0, 0.1) is 13.8 Å². The molecule has 0 fully saturated rings. The zero-order valence-electron chi connectivity index (χ0n) is 11.0. The second-order valence-electron chi connectivity index (χ2n) is 4.77. The lowest BCUT2D eigenvalue weighted by Gasteiger charge is -2.12. The summed E-state index contributed by atoms with van der Waals surface area (Å²) in [6, 6.07) is 9.03. The third kappa shape index (κ3) is 2.12.